The largest absolute Gasteiger partial charge is 0.316 e. The summed E-state index contributed by atoms with van der Waals surface area (Å²) >= 11 is 0. The maximum atomic E-state index is 13.8. The summed E-state index contributed by atoms with van der Waals surface area (Å²) in [5.41, 5.74) is 0.213. The Balaban J connectivity index is 0.00000133. The summed E-state index contributed by atoms with van der Waals surface area (Å²) in [6.07, 6.45) is 0. The Bertz CT molecular complexity index is 423. The number of halogens is 3. The van der Waals surface area contributed by atoms with Gasteiger partial charge in [0.1, 0.15) is 11.6 Å². The first-order chi connectivity index (χ1) is 8.66. The van der Waals surface area contributed by atoms with Crippen LogP contribution in [0.25, 0.3) is 0 Å². The molecule has 0 aromatic heterocycles. The van der Waals surface area contributed by atoms with E-state index in [0.29, 0.717) is 11.8 Å². The van der Waals surface area contributed by atoms with Gasteiger partial charge >= 0.3 is 0 Å². The highest BCUT2D eigenvalue weighted by molar-refractivity contribution is 5.85. The predicted molar refractivity (Wildman–Crippen MR) is 73.4 cm³/mol. The van der Waals surface area contributed by atoms with Crippen LogP contribution in [0.3, 0.4) is 0 Å². The third-order valence-electron chi connectivity index (χ3n) is 4.38. The van der Waals surface area contributed by atoms with Crippen LogP contribution in [0.2, 0.25) is 0 Å². The molecule has 5 heteroatoms. The molecule has 0 amide bonds. The summed E-state index contributed by atoms with van der Waals surface area (Å²) in [5.74, 6) is 0.417. The molecule has 0 spiro atoms. The second-order valence-corrected chi connectivity index (χ2v) is 5.44. The van der Waals surface area contributed by atoms with Gasteiger partial charge in [0.2, 0.25) is 0 Å². The normalized spacial score (nSPS) is 27.9. The van der Waals surface area contributed by atoms with Gasteiger partial charge in [0.15, 0.2) is 0 Å². The van der Waals surface area contributed by atoms with Crippen molar-refractivity contribution in [2.45, 2.75) is 13.0 Å². The Hall–Kier alpha value is -0.710. The van der Waals surface area contributed by atoms with Crippen molar-refractivity contribution < 1.29 is 8.78 Å². The van der Waals surface area contributed by atoms with Gasteiger partial charge in [-0.3, -0.25) is 4.90 Å². The summed E-state index contributed by atoms with van der Waals surface area (Å²) in [6.45, 7) is 5.84. The molecule has 19 heavy (non-hydrogen) atoms. The Morgan fingerprint density at radius 3 is 2.21 bits per heavy atom. The number of hydrogen-bond donors (Lipinski definition) is 1. The molecule has 0 saturated carbocycles. The minimum atomic E-state index is -0.433. The van der Waals surface area contributed by atoms with Gasteiger partial charge in [0, 0.05) is 24.7 Å². The smallest absolute Gasteiger partial charge is 0.130 e. The van der Waals surface area contributed by atoms with Crippen LogP contribution in [0.5, 0.6) is 0 Å². The number of likely N-dealkylation sites (tertiary alicyclic amines) is 1. The molecule has 2 nitrogen and oxygen atoms in total. The molecule has 3 rings (SSSR count). The average Bonchev–Trinajstić information content (AvgIpc) is 2.88. The van der Waals surface area contributed by atoms with Crippen molar-refractivity contribution in [3.8, 4) is 0 Å². The van der Waals surface area contributed by atoms with E-state index in [4.69, 9.17) is 0 Å². The molecule has 0 aliphatic carbocycles. The SMILES string of the molecule is CC(c1c(F)cccc1F)N1C[C@H]2CNC[C@H]2C1.Cl. The number of fused-ring (bicyclic) bond motifs is 1. The quantitative estimate of drug-likeness (QED) is 0.900. The molecular weight excluding hydrogens is 270 g/mol. The van der Waals surface area contributed by atoms with Crippen LogP contribution in [0.1, 0.15) is 18.5 Å². The van der Waals surface area contributed by atoms with Crippen LogP contribution in [0.4, 0.5) is 8.78 Å². The maximum absolute atomic E-state index is 13.8. The Kier molecular flexibility index (Phi) is 4.43. The van der Waals surface area contributed by atoms with E-state index in [0.717, 1.165) is 26.2 Å². The van der Waals surface area contributed by atoms with E-state index in [1.807, 2.05) is 6.92 Å². The molecule has 2 aliphatic rings. The lowest BCUT2D eigenvalue weighted by molar-refractivity contribution is 0.234. The maximum Gasteiger partial charge on any atom is 0.130 e. The second-order valence-electron chi connectivity index (χ2n) is 5.44. The average molecular weight is 289 g/mol. The van der Waals surface area contributed by atoms with E-state index in [1.165, 1.54) is 18.2 Å². The number of nitrogens with zero attached hydrogens (tertiary/aromatic N) is 1. The lowest BCUT2D eigenvalue weighted by atomic mass is 10.0. The summed E-state index contributed by atoms with van der Waals surface area (Å²) in [7, 11) is 0. The van der Waals surface area contributed by atoms with Crippen LogP contribution >= 0.6 is 12.4 Å². The first-order valence-electron chi connectivity index (χ1n) is 6.55. The van der Waals surface area contributed by atoms with Crippen molar-refractivity contribution in [2.24, 2.45) is 11.8 Å². The fourth-order valence-corrected chi connectivity index (χ4v) is 3.30. The highest BCUT2D eigenvalue weighted by Crippen LogP contribution is 2.34. The molecule has 106 valence electrons. The first-order valence-corrected chi connectivity index (χ1v) is 6.55. The molecule has 2 heterocycles. The summed E-state index contributed by atoms with van der Waals surface area (Å²) in [4.78, 5) is 2.21. The predicted octanol–water partition coefficient (Wildman–Crippen LogP) is 2.60. The fourth-order valence-electron chi connectivity index (χ4n) is 3.30. The number of rotatable bonds is 2. The lowest BCUT2D eigenvalue weighted by Gasteiger charge is -2.26. The van der Waals surface area contributed by atoms with E-state index in [-0.39, 0.29) is 24.0 Å². The first kappa shape index (κ1) is 14.7. The lowest BCUT2D eigenvalue weighted by Crippen LogP contribution is -2.29. The summed E-state index contributed by atoms with van der Waals surface area (Å²) in [5, 5.41) is 3.37. The van der Waals surface area contributed by atoms with Gasteiger partial charge in [-0.05, 0) is 44.0 Å². The van der Waals surface area contributed by atoms with Crippen LogP contribution in [0, 0.1) is 23.5 Å². The van der Waals surface area contributed by atoms with Crippen LogP contribution in [-0.2, 0) is 0 Å². The van der Waals surface area contributed by atoms with E-state index in [1.54, 1.807) is 0 Å². The van der Waals surface area contributed by atoms with Crippen molar-refractivity contribution in [1.82, 2.24) is 10.2 Å². The van der Waals surface area contributed by atoms with E-state index in [2.05, 4.69) is 10.2 Å². The third kappa shape index (κ3) is 2.62. The van der Waals surface area contributed by atoms with Gasteiger partial charge < -0.3 is 5.32 Å². The van der Waals surface area contributed by atoms with Gasteiger partial charge in [0.05, 0.1) is 0 Å². The summed E-state index contributed by atoms with van der Waals surface area (Å²) in [6, 6.07) is 3.92. The van der Waals surface area contributed by atoms with Gasteiger partial charge in [-0.25, -0.2) is 8.78 Å². The molecule has 3 atom stereocenters. The second kappa shape index (κ2) is 5.73. The van der Waals surface area contributed by atoms with Crippen LogP contribution < -0.4 is 5.32 Å². The Labute approximate surface area is 118 Å². The highest BCUT2D eigenvalue weighted by Gasteiger charge is 2.38. The zero-order chi connectivity index (χ0) is 12.7. The Morgan fingerprint density at radius 1 is 1.16 bits per heavy atom. The molecular formula is C14H19ClF2N2. The minimum absolute atomic E-state index is 0. The third-order valence-corrected chi connectivity index (χ3v) is 4.38. The molecule has 1 N–H and O–H groups in total. The van der Waals surface area contributed by atoms with E-state index < -0.39 is 11.6 Å². The molecule has 0 radical (unpaired) electrons. The van der Waals surface area contributed by atoms with Gasteiger partial charge in [-0.2, -0.15) is 0 Å². The molecule has 0 bridgehead atoms. The molecule has 1 unspecified atom stereocenters. The van der Waals surface area contributed by atoms with E-state index in [9.17, 15) is 8.78 Å². The molecule has 1 aromatic rings. The van der Waals surface area contributed by atoms with Gasteiger partial charge in [-0.1, -0.05) is 6.07 Å². The van der Waals surface area contributed by atoms with Crippen LogP contribution in [-0.4, -0.2) is 31.1 Å². The number of hydrogen-bond acceptors (Lipinski definition) is 2. The minimum Gasteiger partial charge on any atom is -0.316 e. The molecule has 2 fully saturated rings. The topological polar surface area (TPSA) is 15.3 Å². The van der Waals surface area contributed by atoms with Crippen LogP contribution in [0.15, 0.2) is 18.2 Å². The monoisotopic (exact) mass is 288 g/mol. The van der Waals surface area contributed by atoms with Crippen molar-refractivity contribution in [1.29, 1.82) is 0 Å². The van der Waals surface area contributed by atoms with Gasteiger partial charge in [-0.15, -0.1) is 12.4 Å². The van der Waals surface area contributed by atoms with Crippen molar-refractivity contribution in [3.63, 3.8) is 0 Å². The number of nitrogens with one attached hydrogen (secondary N) is 1. The standard InChI is InChI=1S/C14H18F2N2.ClH/c1-9(14-12(15)3-2-4-13(14)16)18-7-10-5-17-6-11(10)8-18;/h2-4,9-11,17H,5-8H2,1H3;1H/t9?,10-,11+;. The van der Waals surface area contributed by atoms with Crippen molar-refractivity contribution >= 4 is 12.4 Å². The summed E-state index contributed by atoms with van der Waals surface area (Å²) < 4.78 is 27.5. The van der Waals surface area contributed by atoms with Gasteiger partial charge in [0.25, 0.3) is 0 Å². The molecule has 1 aromatic carbocycles. The zero-order valence-corrected chi connectivity index (χ0v) is 11.7. The fraction of sp³-hybridized carbons (Fsp3) is 0.571. The zero-order valence-electron chi connectivity index (χ0n) is 10.9. The number of benzene rings is 1. The van der Waals surface area contributed by atoms with Crippen molar-refractivity contribution in [3.05, 3.63) is 35.4 Å². The van der Waals surface area contributed by atoms with E-state index >= 15 is 0 Å². The van der Waals surface area contributed by atoms with Crippen molar-refractivity contribution in [2.75, 3.05) is 26.2 Å². The Morgan fingerprint density at radius 2 is 1.68 bits per heavy atom. The molecule has 2 aliphatic heterocycles. The highest BCUT2D eigenvalue weighted by atomic mass is 35.5. The molecule has 2 saturated heterocycles.